The molecule has 17 heavy (non-hydrogen) atoms. The van der Waals surface area contributed by atoms with E-state index in [-0.39, 0.29) is 11.3 Å². The van der Waals surface area contributed by atoms with Gasteiger partial charge in [0, 0.05) is 13.1 Å². The molecule has 4 heteroatoms. The monoisotopic (exact) mass is 235 g/mol. The van der Waals surface area contributed by atoms with Crippen molar-refractivity contribution in [1.29, 1.82) is 0 Å². The Morgan fingerprint density at radius 3 is 2.29 bits per heavy atom. The summed E-state index contributed by atoms with van der Waals surface area (Å²) < 4.78 is 0. The Morgan fingerprint density at radius 1 is 1.12 bits per heavy atom. The van der Waals surface area contributed by atoms with Crippen molar-refractivity contribution in [2.45, 2.75) is 25.7 Å². The lowest BCUT2D eigenvalue weighted by Crippen LogP contribution is -2.23. The molecule has 2 rings (SSSR count). The Morgan fingerprint density at radius 2 is 1.76 bits per heavy atom. The predicted octanol–water partition coefficient (Wildman–Crippen LogP) is 2.47. The van der Waals surface area contributed by atoms with E-state index in [1.807, 2.05) is 0 Å². The molecule has 0 aromatic heterocycles. The minimum atomic E-state index is -1.01. The number of phenolic OH excluding ortho intramolecular Hbond substituents is 1. The Kier molecular flexibility index (Phi) is 3.52. The number of carboxylic acid groups (broad SMARTS) is 1. The van der Waals surface area contributed by atoms with Crippen LogP contribution in [0.5, 0.6) is 5.75 Å². The number of hydrogen-bond donors (Lipinski definition) is 2. The van der Waals surface area contributed by atoms with Crippen molar-refractivity contribution in [3.05, 3.63) is 23.8 Å². The van der Waals surface area contributed by atoms with Gasteiger partial charge in [0.1, 0.15) is 5.75 Å². The molecular formula is C13H17NO3. The first-order valence-corrected chi connectivity index (χ1v) is 6.00. The lowest BCUT2D eigenvalue weighted by molar-refractivity contribution is 0.0696. The summed E-state index contributed by atoms with van der Waals surface area (Å²) >= 11 is 0. The number of anilines is 1. The number of phenols is 1. The van der Waals surface area contributed by atoms with E-state index in [0.29, 0.717) is 0 Å². The molecule has 92 valence electrons. The number of aromatic carboxylic acids is 1. The highest BCUT2D eigenvalue weighted by Gasteiger charge is 2.15. The van der Waals surface area contributed by atoms with Gasteiger partial charge < -0.3 is 15.1 Å². The second kappa shape index (κ2) is 5.08. The van der Waals surface area contributed by atoms with Crippen molar-refractivity contribution in [2.75, 3.05) is 18.0 Å². The molecule has 1 heterocycles. The van der Waals surface area contributed by atoms with E-state index in [1.165, 1.54) is 18.9 Å². The van der Waals surface area contributed by atoms with Gasteiger partial charge in [0.2, 0.25) is 0 Å². The van der Waals surface area contributed by atoms with E-state index < -0.39 is 5.97 Å². The number of carbonyl (C=O) groups is 1. The fourth-order valence-corrected chi connectivity index (χ4v) is 2.24. The Balaban J connectivity index is 2.22. The zero-order valence-electron chi connectivity index (χ0n) is 9.72. The van der Waals surface area contributed by atoms with Crippen molar-refractivity contribution in [2.24, 2.45) is 0 Å². The summed E-state index contributed by atoms with van der Waals surface area (Å²) in [4.78, 5) is 12.9. The minimum Gasteiger partial charge on any atom is -0.506 e. The standard InChI is InChI=1S/C13H17NO3/c15-12-9-10(13(16)17)5-6-11(12)14-7-3-1-2-4-8-14/h5-6,9,15H,1-4,7-8H2,(H,16,17). The van der Waals surface area contributed by atoms with Crippen LogP contribution < -0.4 is 4.90 Å². The molecule has 1 aromatic rings. The highest BCUT2D eigenvalue weighted by Crippen LogP contribution is 2.30. The molecule has 1 aromatic carbocycles. The third kappa shape index (κ3) is 2.70. The van der Waals surface area contributed by atoms with E-state index >= 15 is 0 Å². The Labute approximate surface area is 100 Å². The highest BCUT2D eigenvalue weighted by atomic mass is 16.4. The quantitative estimate of drug-likeness (QED) is 0.826. The Bertz CT molecular complexity index is 409. The van der Waals surface area contributed by atoms with Crippen LogP contribution in [0.15, 0.2) is 18.2 Å². The fraction of sp³-hybridized carbons (Fsp3) is 0.462. The van der Waals surface area contributed by atoms with E-state index in [2.05, 4.69) is 4.90 Å². The van der Waals surface area contributed by atoms with Crippen LogP contribution in [0, 0.1) is 0 Å². The minimum absolute atomic E-state index is 0.0619. The zero-order valence-corrected chi connectivity index (χ0v) is 9.72. The van der Waals surface area contributed by atoms with Crippen LogP contribution in [-0.4, -0.2) is 29.3 Å². The summed E-state index contributed by atoms with van der Waals surface area (Å²) in [6.45, 7) is 1.86. The van der Waals surface area contributed by atoms with Crippen LogP contribution in [0.25, 0.3) is 0 Å². The molecule has 4 nitrogen and oxygen atoms in total. The van der Waals surface area contributed by atoms with Gasteiger partial charge in [-0.25, -0.2) is 4.79 Å². The van der Waals surface area contributed by atoms with Gasteiger partial charge in [0.05, 0.1) is 11.3 Å². The third-order valence-electron chi connectivity index (χ3n) is 3.17. The van der Waals surface area contributed by atoms with E-state index in [0.717, 1.165) is 31.6 Å². The Hall–Kier alpha value is -1.71. The normalized spacial score (nSPS) is 16.6. The maximum atomic E-state index is 10.8. The molecule has 1 fully saturated rings. The molecule has 0 amide bonds. The van der Waals surface area contributed by atoms with Crippen LogP contribution >= 0.6 is 0 Å². The van der Waals surface area contributed by atoms with Crippen molar-refractivity contribution < 1.29 is 15.0 Å². The molecule has 0 aliphatic carbocycles. The van der Waals surface area contributed by atoms with Crippen LogP contribution in [0.4, 0.5) is 5.69 Å². The van der Waals surface area contributed by atoms with Gasteiger partial charge in [-0.05, 0) is 31.0 Å². The van der Waals surface area contributed by atoms with Gasteiger partial charge in [0.15, 0.2) is 0 Å². The number of hydrogen-bond acceptors (Lipinski definition) is 3. The molecule has 0 saturated carbocycles. The average Bonchev–Trinajstić information content (AvgIpc) is 2.57. The first-order valence-electron chi connectivity index (χ1n) is 6.00. The molecule has 0 spiro atoms. The summed E-state index contributed by atoms with van der Waals surface area (Å²) in [6, 6.07) is 4.56. The van der Waals surface area contributed by atoms with E-state index in [4.69, 9.17) is 5.11 Å². The van der Waals surface area contributed by atoms with Crippen molar-refractivity contribution in [3.63, 3.8) is 0 Å². The van der Waals surface area contributed by atoms with Crippen LogP contribution in [0.2, 0.25) is 0 Å². The van der Waals surface area contributed by atoms with Crippen molar-refractivity contribution >= 4 is 11.7 Å². The molecule has 1 aliphatic heterocycles. The van der Waals surface area contributed by atoms with Crippen LogP contribution in [0.1, 0.15) is 36.0 Å². The number of carboxylic acids is 1. The fourth-order valence-electron chi connectivity index (χ4n) is 2.24. The van der Waals surface area contributed by atoms with Gasteiger partial charge in [-0.3, -0.25) is 0 Å². The molecule has 1 saturated heterocycles. The summed E-state index contributed by atoms with van der Waals surface area (Å²) in [5, 5.41) is 18.7. The largest absolute Gasteiger partial charge is 0.506 e. The number of rotatable bonds is 2. The molecule has 0 atom stereocenters. The second-order valence-electron chi connectivity index (χ2n) is 4.41. The SMILES string of the molecule is O=C(O)c1ccc(N2CCCCCC2)c(O)c1. The van der Waals surface area contributed by atoms with E-state index in [9.17, 15) is 9.90 Å². The molecule has 0 unspecified atom stereocenters. The summed E-state index contributed by atoms with van der Waals surface area (Å²) in [6.07, 6.45) is 4.70. The number of aromatic hydroxyl groups is 1. The summed E-state index contributed by atoms with van der Waals surface area (Å²) in [5.41, 5.74) is 0.873. The van der Waals surface area contributed by atoms with Gasteiger partial charge in [-0.15, -0.1) is 0 Å². The summed E-state index contributed by atoms with van der Waals surface area (Å²) in [5.74, 6) is -0.950. The lowest BCUT2D eigenvalue weighted by atomic mass is 10.1. The smallest absolute Gasteiger partial charge is 0.335 e. The van der Waals surface area contributed by atoms with Gasteiger partial charge in [0.25, 0.3) is 0 Å². The molecule has 1 aliphatic rings. The van der Waals surface area contributed by atoms with Crippen LogP contribution in [-0.2, 0) is 0 Å². The van der Waals surface area contributed by atoms with E-state index in [1.54, 1.807) is 12.1 Å². The maximum absolute atomic E-state index is 10.8. The first-order chi connectivity index (χ1) is 8.18. The van der Waals surface area contributed by atoms with Crippen molar-refractivity contribution in [3.8, 4) is 5.75 Å². The topological polar surface area (TPSA) is 60.8 Å². The second-order valence-corrected chi connectivity index (χ2v) is 4.41. The summed E-state index contributed by atoms with van der Waals surface area (Å²) in [7, 11) is 0. The average molecular weight is 235 g/mol. The molecule has 0 radical (unpaired) electrons. The first kappa shape index (κ1) is 11.8. The van der Waals surface area contributed by atoms with Gasteiger partial charge >= 0.3 is 5.97 Å². The van der Waals surface area contributed by atoms with Crippen LogP contribution in [0.3, 0.4) is 0 Å². The highest BCUT2D eigenvalue weighted by molar-refractivity contribution is 5.89. The zero-order chi connectivity index (χ0) is 12.3. The maximum Gasteiger partial charge on any atom is 0.335 e. The van der Waals surface area contributed by atoms with Crippen molar-refractivity contribution in [1.82, 2.24) is 0 Å². The molecule has 0 bridgehead atoms. The lowest BCUT2D eigenvalue weighted by Gasteiger charge is -2.23. The molecular weight excluding hydrogens is 218 g/mol. The third-order valence-corrected chi connectivity index (χ3v) is 3.17. The van der Waals surface area contributed by atoms with Gasteiger partial charge in [-0.2, -0.15) is 0 Å². The number of benzene rings is 1. The number of nitrogens with zero attached hydrogens (tertiary/aromatic N) is 1. The van der Waals surface area contributed by atoms with Gasteiger partial charge in [-0.1, -0.05) is 12.8 Å². The predicted molar refractivity (Wildman–Crippen MR) is 65.7 cm³/mol. The molecule has 2 N–H and O–H groups in total.